The van der Waals surface area contributed by atoms with Gasteiger partial charge in [0.2, 0.25) is 10.0 Å². The van der Waals surface area contributed by atoms with Crippen LogP contribution in [-0.2, 0) is 19.9 Å². The summed E-state index contributed by atoms with van der Waals surface area (Å²) in [6.45, 7) is 1.31. The van der Waals surface area contributed by atoms with E-state index in [9.17, 15) is 16.8 Å². The summed E-state index contributed by atoms with van der Waals surface area (Å²) in [5.41, 5.74) is 5.76. The number of hydrogen-bond acceptors (Lipinski definition) is 5. The molecule has 3 N–H and O–H groups in total. The second kappa shape index (κ2) is 6.73. The number of nitrogen functional groups attached to an aromatic ring is 1. The maximum absolute atomic E-state index is 12.1. The minimum absolute atomic E-state index is 0.0289. The average molecular weight is 450 g/mol. The van der Waals surface area contributed by atoms with Gasteiger partial charge in [0.05, 0.1) is 11.4 Å². The number of sulfone groups is 1. The SMILES string of the molecule is CCS(=O)(=O)CCNS(=O)(=O)c1c(N)cc(Br)cc1Br. The van der Waals surface area contributed by atoms with Crippen molar-refractivity contribution in [1.82, 2.24) is 4.72 Å². The molecule has 0 heterocycles. The summed E-state index contributed by atoms with van der Waals surface area (Å²) in [5.74, 6) is -0.282. The molecular weight excluding hydrogens is 436 g/mol. The van der Waals surface area contributed by atoms with Crippen molar-refractivity contribution in [1.29, 1.82) is 0 Å². The molecule has 0 atom stereocenters. The third-order valence-corrected chi connectivity index (χ3v) is 7.08. The highest BCUT2D eigenvalue weighted by atomic mass is 79.9. The number of halogens is 2. The lowest BCUT2D eigenvalue weighted by Gasteiger charge is -2.11. The van der Waals surface area contributed by atoms with Gasteiger partial charge in [0.25, 0.3) is 0 Å². The van der Waals surface area contributed by atoms with E-state index in [2.05, 4.69) is 36.6 Å². The third kappa shape index (κ3) is 4.69. The van der Waals surface area contributed by atoms with Crippen molar-refractivity contribution >= 4 is 57.4 Å². The van der Waals surface area contributed by atoms with E-state index in [0.717, 1.165) is 0 Å². The van der Waals surface area contributed by atoms with Crippen LogP contribution in [0.3, 0.4) is 0 Å². The fourth-order valence-corrected chi connectivity index (χ4v) is 5.34. The Hall–Kier alpha value is -0.160. The van der Waals surface area contributed by atoms with Crippen molar-refractivity contribution in [3.8, 4) is 0 Å². The molecule has 0 amide bonds. The van der Waals surface area contributed by atoms with Crippen molar-refractivity contribution in [2.24, 2.45) is 0 Å². The molecule has 10 heteroatoms. The Bertz CT molecular complexity index is 679. The van der Waals surface area contributed by atoms with Crippen LogP contribution in [0.2, 0.25) is 0 Å². The monoisotopic (exact) mass is 448 g/mol. The summed E-state index contributed by atoms with van der Waals surface area (Å²) in [6, 6.07) is 3.01. The van der Waals surface area contributed by atoms with Crippen molar-refractivity contribution < 1.29 is 16.8 Å². The van der Waals surface area contributed by atoms with Crippen molar-refractivity contribution in [2.75, 3.05) is 23.8 Å². The largest absolute Gasteiger partial charge is 0.398 e. The molecule has 6 nitrogen and oxygen atoms in total. The molecule has 0 saturated carbocycles. The molecule has 0 aliphatic rings. The fourth-order valence-electron chi connectivity index (χ4n) is 1.41. The second-order valence-electron chi connectivity index (χ2n) is 3.94. The predicted molar refractivity (Wildman–Crippen MR) is 85.8 cm³/mol. The van der Waals surface area contributed by atoms with Crippen molar-refractivity contribution in [2.45, 2.75) is 11.8 Å². The maximum atomic E-state index is 12.1. The average Bonchev–Trinajstić information content (AvgIpc) is 2.26. The van der Waals surface area contributed by atoms with Gasteiger partial charge in [-0.1, -0.05) is 22.9 Å². The van der Waals surface area contributed by atoms with E-state index in [1.807, 2.05) is 0 Å². The van der Waals surface area contributed by atoms with Gasteiger partial charge in [0.1, 0.15) is 4.90 Å². The number of hydrogen-bond donors (Lipinski definition) is 2. The first-order valence-corrected chi connectivity index (χ1v) is 10.4. The van der Waals surface area contributed by atoms with Crippen LogP contribution in [0, 0.1) is 0 Å². The summed E-state index contributed by atoms with van der Waals surface area (Å²) < 4.78 is 50.1. The van der Waals surface area contributed by atoms with E-state index in [0.29, 0.717) is 8.95 Å². The molecule has 0 radical (unpaired) electrons. The topological polar surface area (TPSA) is 106 Å². The Morgan fingerprint density at radius 3 is 2.30 bits per heavy atom. The normalized spacial score (nSPS) is 12.6. The highest BCUT2D eigenvalue weighted by molar-refractivity contribution is 9.11. The molecule has 0 unspecified atom stereocenters. The smallest absolute Gasteiger partial charge is 0.243 e. The van der Waals surface area contributed by atoms with Gasteiger partial charge in [-0.15, -0.1) is 0 Å². The minimum atomic E-state index is -3.88. The maximum Gasteiger partial charge on any atom is 0.243 e. The summed E-state index contributed by atoms with van der Waals surface area (Å²) in [6.07, 6.45) is 0. The number of nitrogens with two attached hydrogens (primary N) is 1. The Balaban J connectivity index is 2.96. The van der Waals surface area contributed by atoms with Crippen LogP contribution in [0.1, 0.15) is 6.92 Å². The van der Waals surface area contributed by atoms with E-state index < -0.39 is 19.9 Å². The molecule has 0 aromatic heterocycles. The Morgan fingerprint density at radius 1 is 1.20 bits per heavy atom. The van der Waals surface area contributed by atoms with E-state index in [-0.39, 0.29) is 28.6 Å². The van der Waals surface area contributed by atoms with Gasteiger partial charge in [-0.25, -0.2) is 21.6 Å². The van der Waals surface area contributed by atoms with Crippen LogP contribution < -0.4 is 10.5 Å². The van der Waals surface area contributed by atoms with Gasteiger partial charge in [-0.05, 0) is 28.1 Å². The number of rotatable bonds is 6. The van der Waals surface area contributed by atoms with Crippen LogP contribution in [-0.4, -0.2) is 34.9 Å². The number of sulfonamides is 1. The molecule has 20 heavy (non-hydrogen) atoms. The Kier molecular flexibility index (Phi) is 6.02. The number of benzene rings is 1. The lowest BCUT2D eigenvalue weighted by molar-refractivity contribution is 0.581. The van der Waals surface area contributed by atoms with Crippen LogP contribution in [0.15, 0.2) is 26.0 Å². The zero-order chi connectivity index (χ0) is 15.6. The quantitative estimate of drug-likeness (QED) is 0.640. The van der Waals surface area contributed by atoms with Crippen LogP contribution >= 0.6 is 31.9 Å². The first-order chi connectivity index (χ1) is 9.09. The zero-order valence-corrected chi connectivity index (χ0v) is 15.4. The molecule has 0 bridgehead atoms. The molecule has 0 aliphatic heterocycles. The van der Waals surface area contributed by atoms with Crippen LogP contribution in [0.4, 0.5) is 5.69 Å². The van der Waals surface area contributed by atoms with Gasteiger partial charge in [0, 0.05) is 21.2 Å². The van der Waals surface area contributed by atoms with Crippen molar-refractivity contribution in [3.05, 3.63) is 21.1 Å². The molecule has 1 rings (SSSR count). The lowest BCUT2D eigenvalue weighted by Crippen LogP contribution is -2.30. The van der Waals surface area contributed by atoms with E-state index in [1.54, 1.807) is 6.07 Å². The molecule has 0 aliphatic carbocycles. The Labute approximate surface area is 135 Å². The molecule has 0 fully saturated rings. The summed E-state index contributed by atoms with van der Waals surface area (Å²) in [7, 11) is -7.10. The molecular formula is C10H14Br2N2O4S2. The van der Waals surface area contributed by atoms with E-state index in [1.165, 1.54) is 13.0 Å². The minimum Gasteiger partial charge on any atom is -0.398 e. The van der Waals surface area contributed by atoms with Crippen LogP contribution in [0.25, 0.3) is 0 Å². The molecule has 0 spiro atoms. The first-order valence-electron chi connectivity index (χ1n) is 5.53. The summed E-state index contributed by atoms with van der Waals surface area (Å²) in [5, 5.41) is 0. The molecule has 1 aromatic rings. The number of nitrogens with one attached hydrogen (secondary N) is 1. The zero-order valence-electron chi connectivity index (χ0n) is 10.6. The van der Waals surface area contributed by atoms with Gasteiger partial charge in [-0.2, -0.15) is 0 Å². The first kappa shape index (κ1) is 17.9. The van der Waals surface area contributed by atoms with Gasteiger partial charge in [0.15, 0.2) is 9.84 Å². The number of anilines is 1. The third-order valence-electron chi connectivity index (χ3n) is 2.45. The van der Waals surface area contributed by atoms with Gasteiger partial charge in [-0.3, -0.25) is 0 Å². The van der Waals surface area contributed by atoms with Gasteiger partial charge < -0.3 is 5.73 Å². The molecule has 0 saturated heterocycles. The summed E-state index contributed by atoms with van der Waals surface area (Å²) >= 11 is 6.33. The molecule has 1 aromatic carbocycles. The predicted octanol–water partition coefficient (Wildman–Crippen LogP) is 1.51. The molecule has 114 valence electrons. The van der Waals surface area contributed by atoms with Gasteiger partial charge >= 0.3 is 0 Å². The van der Waals surface area contributed by atoms with Crippen LogP contribution in [0.5, 0.6) is 0 Å². The summed E-state index contributed by atoms with van der Waals surface area (Å²) in [4.78, 5) is -0.102. The Morgan fingerprint density at radius 2 is 1.80 bits per heavy atom. The highest BCUT2D eigenvalue weighted by Crippen LogP contribution is 2.31. The van der Waals surface area contributed by atoms with E-state index in [4.69, 9.17) is 5.73 Å². The second-order valence-corrected chi connectivity index (χ2v) is 9.89. The standard InChI is InChI=1S/C10H14Br2N2O4S2/c1-2-19(15,16)4-3-14-20(17,18)10-8(12)5-7(11)6-9(10)13/h5-6,14H,2-4,13H2,1H3. The lowest BCUT2D eigenvalue weighted by atomic mass is 10.3. The van der Waals surface area contributed by atoms with E-state index >= 15 is 0 Å². The van der Waals surface area contributed by atoms with Crippen molar-refractivity contribution in [3.63, 3.8) is 0 Å². The fraction of sp³-hybridized carbons (Fsp3) is 0.400. The highest BCUT2D eigenvalue weighted by Gasteiger charge is 2.22.